The average molecular weight is 342 g/mol. The number of nitrogens with zero attached hydrogens (tertiary/aromatic N) is 4. The van der Waals surface area contributed by atoms with E-state index in [1.165, 1.54) is 10.5 Å². The van der Waals surface area contributed by atoms with Crippen LogP contribution in [0.5, 0.6) is 0 Å². The molecule has 0 radical (unpaired) electrons. The van der Waals surface area contributed by atoms with Gasteiger partial charge in [0.05, 0.1) is 11.6 Å². The molecule has 1 aliphatic heterocycles. The van der Waals surface area contributed by atoms with Gasteiger partial charge in [-0.25, -0.2) is 8.42 Å². The number of aromatic nitrogens is 1. The summed E-state index contributed by atoms with van der Waals surface area (Å²) in [5.41, 5.74) is 1.51. The number of anilines is 1. The third-order valence-corrected chi connectivity index (χ3v) is 6.18. The number of hydrogen-bond acceptors (Lipinski definition) is 5. The van der Waals surface area contributed by atoms with Crippen molar-refractivity contribution in [2.45, 2.75) is 17.4 Å². The van der Waals surface area contributed by atoms with Gasteiger partial charge in [-0.15, -0.1) is 0 Å². The minimum atomic E-state index is -3.51. The molecule has 2 heterocycles. The first kappa shape index (κ1) is 16.4. The van der Waals surface area contributed by atoms with Crippen molar-refractivity contribution in [1.29, 1.82) is 5.26 Å². The summed E-state index contributed by atoms with van der Waals surface area (Å²) in [6.07, 6.45) is 3.68. The van der Waals surface area contributed by atoms with Crippen LogP contribution in [0.25, 0.3) is 0 Å². The van der Waals surface area contributed by atoms with Gasteiger partial charge in [-0.2, -0.15) is 9.57 Å². The van der Waals surface area contributed by atoms with Crippen molar-refractivity contribution < 1.29 is 8.42 Å². The quantitative estimate of drug-likeness (QED) is 0.847. The molecule has 0 bridgehead atoms. The van der Waals surface area contributed by atoms with Crippen molar-refractivity contribution in [3.8, 4) is 6.07 Å². The van der Waals surface area contributed by atoms with Crippen LogP contribution >= 0.6 is 0 Å². The van der Waals surface area contributed by atoms with E-state index >= 15 is 0 Å². The summed E-state index contributed by atoms with van der Waals surface area (Å²) in [6.45, 7) is 0.898. The molecular formula is C17H18N4O2S. The molecule has 24 heavy (non-hydrogen) atoms. The topological polar surface area (TPSA) is 77.3 Å². The SMILES string of the molecule is CN(c1cccc(C#N)c1)C1CCN(S(=O)(=O)c2cccnc2)C1. The summed E-state index contributed by atoms with van der Waals surface area (Å²) >= 11 is 0. The average Bonchev–Trinajstić information content (AvgIpc) is 3.13. The van der Waals surface area contributed by atoms with E-state index in [0.717, 1.165) is 12.1 Å². The third kappa shape index (κ3) is 3.11. The molecule has 6 nitrogen and oxygen atoms in total. The molecule has 2 aromatic rings. The Morgan fingerprint density at radius 2 is 2.17 bits per heavy atom. The molecule has 0 amide bonds. The first-order valence-corrected chi connectivity index (χ1v) is 9.09. The lowest BCUT2D eigenvalue weighted by Crippen LogP contribution is -2.36. The Labute approximate surface area is 142 Å². The maximum absolute atomic E-state index is 12.7. The molecule has 1 unspecified atom stereocenters. The van der Waals surface area contributed by atoms with Gasteiger partial charge < -0.3 is 4.90 Å². The van der Waals surface area contributed by atoms with Crippen molar-refractivity contribution in [3.63, 3.8) is 0 Å². The van der Waals surface area contributed by atoms with Gasteiger partial charge in [-0.3, -0.25) is 4.98 Å². The van der Waals surface area contributed by atoms with Gasteiger partial charge in [0.15, 0.2) is 0 Å². The zero-order valence-corrected chi connectivity index (χ0v) is 14.1. The van der Waals surface area contributed by atoms with Crippen molar-refractivity contribution >= 4 is 15.7 Å². The van der Waals surface area contributed by atoms with E-state index in [4.69, 9.17) is 5.26 Å². The van der Waals surface area contributed by atoms with E-state index in [0.29, 0.717) is 18.7 Å². The van der Waals surface area contributed by atoms with Crippen molar-refractivity contribution in [3.05, 3.63) is 54.4 Å². The summed E-state index contributed by atoms with van der Waals surface area (Å²) in [5, 5.41) is 9.02. The standard InChI is InChI=1S/C17H18N4O2S/c1-20(15-5-2-4-14(10-15)11-18)16-7-9-21(13-16)24(22,23)17-6-3-8-19-12-17/h2-6,8,10,12,16H,7,9,13H2,1H3. The second-order valence-corrected chi connectivity index (χ2v) is 7.71. The zero-order valence-electron chi connectivity index (χ0n) is 13.3. The fraction of sp³-hybridized carbons (Fsp3) is 0.294. The van der Waals surface area contributed by atoms with Crippen LogP contribution in [-0.2, 0) is 10.0 Å². The normalized spacial score (nSPS) is 18.2. The number of pyridine rings is 1. The highest BCUT2D eigenvalue weighted by atomic mass is 32.2. The Kier molecular flexibility index (Phi) is 4.51. The van der Waals surface area contributed by atoms with Crippen molar-refractivity contribution in [2.24, 2.45) is 0 Å². The highest BCUT2D eigenvalue weighted by molar-refractivity contribution is 7.89. The molecule has 1 aliphatic rings. The van der Waals surface area contributed by atoms with E-state index in [-0.39, 0.29) is 10.9 Å². The molecule has 1 saturated heterocycles. The Morgan fingerprint density at radius 1 is 1.33 bits per heavy atom. The molecule has 1 fully saturated rings. The predicted molar refractivity (Wildman–Crippen MR) is 91.0 cm³/mol. The summed E-state index contributed by atoms with van der Waals surface area (Å²) in [7, 11) is -1.58. The Hall–Kier alpha value is -2.43. The number of hydrogen-bond donors (Lipinski definition) is 0. The molecule has 1 aromatic carbocycles. The smallest absolute Gasteiger partial charge is 0.244 e. The lowest BCUT2D eigenvalue weighted by atomic mass is 10.1. The summed E-state index contributed by atoms with van der Waals surface area (Å²) < 4.78 is 26.8. The highest BCUT2D eigenvalue weighted by Crippen LogP contribution is 2.26. The first-order valence-electron chi connectivity index (χ1n) is 7.65. The third-order valence-electron chi connectivity index (χ3n) is 4.33. The molecule has 124 valence electrons. The molecule has 1 aromatic heterocycles. The lowest BCUT2D eigenvalue weighted by Gasteiger charge is -2.27. The van der Waals surface area contributed by atoms with E-state index in [9.17, 15) is 8.42 Å². The van der Waals surface area contributed by atoms with Gasteiger partial charge >= 0.3 is 0 Å². The van der Waals surface area contributed by atoms with Crippen LogP contribution in [-0.4, -0.2) is 43.9 Å². The van der Waals surface area contributed by atoms with Crippen molar-refractivity contribution in [1.82, 2.24) is 9.29 Å². The fourth-order valence-electron chi connectivity index (χ4n) is 2.90. The molecule has 0 spiro atoms. The van der Waals surface area contributed by atoms with Crippen LogP contribution in [0.1, 0.15) is 12.0 Å². The Balaban J connectivity index is 1.77. The van der Waals surface area contributed by atoms with E-state index < -0.39 is 10.0 Å². The lowest BCUT2D eigenvalue weighted by molar-refractivity contribution is 0.470. The summed E-state index contributed by atoms with van der Waals surface area (Å²) in [6, 6.07) is 12.7. The van der Waals surface area contributed by atoms with Crippen molar-refractivity contribution in [2.75, 3.05) is 25.0 Å². The van der Waals surface area contributed by atoms with Gasteiger partial charge in [-0.1, -0.05) is 6.07 Å². The Bertz CT molecular complexity index is 862. The summed E-state index contributed by atoms with van der Waals surface area (Å²) in [4.78, 5) is 6.16. The number of nitriles is 1. The van der Waals surface area contributed by atoms with Gasteiger partial charge in [0.2, 0.25) is 10.0 Å². The van der Waals surface area contributed by atoms with Gasteiger partial charge in [0.25, 0.3) is 0 Å². The van der Waals surface area contributed by atoms with Crippen LogP contribution in [0.2, 0.25) is 0 Å². The fourth-order valence-corrected chi connectivity index (χ4v) is 4.36. The number of likely N-dealkylation sites (N-methyl/N-ethyl adjacent to an activating group) is 1. The highest BCUT2D eigenvalue weighted by Gasteiger charge is 2.34. The van der Waals surface area contributed by atoms with E-state index in [1.807, 2.05) is 30.1 Å². The van der Waals surface area contributed by atoms with Crippen LogP contribution in [0.3, 0.4) is 0 Å². The van der Waals surface area contributed by atoms with Crippen LogP contribution < -0.4 is 4.90 Å². The minimum absolute atomic E-state index is 0.0744. The minimum Gasteiger partial charge on any atom is -0.370 e. The number of benzene rings is 1. The van der Waals surface area contributed by atoms with E-state index in [2.05, 4.69) is 11.1 Å². The molecule has 1 atom stereocenters. The monoisotopic (exact) mass is 342 g/mol. The predicted octanol–water partition coefficient (Wildman–Crippen LogP) is 1.85. The summed E-state index contributed by atoms with van der Waals surface area (Å²) in [5.74, 6) is 0. The number of sulfonamides is 1. The molecule has 3 rings (SSSR count). The maximum atomic E-state index is 12.7. The maximum Gasteiger partial charge on any atom is 0.244 e. The van der Waals surface area contributed by atoms with E-state index in [1.54, 1.807) is 24.4 Å². The van der Waals surface area contributed by atoms with Gasteiger partial charge in [0, 0.05) is 44.3 Å². The second-order valence-electron chi connectivity index (χ2n) is 5.77. The molecule has 0 N–H and O–H groups in total. The number of rotatable bonds is 4. The zero-order chi connectivity index (χ0) is 17.2. The molecular weight excluding hydrogens is 324 g/mol. The van der Waals surface area contributed by atoms with Crippen LogP contribution in [0.15, 0.2) is 53.7 Å². The molecule has 0 saturated carbocycles. The van der Waals surface area contributed by atoms with Crippen LogP contribution in [0, 0.1) is 11.3 Å². The largest absolute Gasteiger partial charge is 0.370 e. The van der Waals surface area contributed by atoms with Gasteiger partial charge in [0.1, 0.15) is 4.90 Å². The first-order chi connectivity index (χ1) is 11.5. The Morgan fingerprint density at radius 3 is 2.88 bits per heavy atom. The van der Waals surface area contributed by atoms with Gasteiger partial charge in [-0.05, 0) is 36.8 Å². The van der Waals surface area contributed by atoms with Crippen LogP contribution in [0.4, 0.5) is 5.69 Å². The molecule has 7 heteroatoms. The molecule has 0 aliphatic carbocycles. The second kappa shape index (κ2) is 6.59.